The first-order valence-electron chi connectivity index (χ1n) is 9.28. The van der Waals surface area contributed by atoms with Gasteiger partial charge in [0.25, 0.3) is 0 Å². The van der Waals surface area contributed by atoms with Gasteiger partial charge in [0.2, 0.25) is 15.9 Å². The van der Waals surface area contributed by atoms with Crippen molar-refractivity contribution < 1.29 is 22.7 Å². The summed E-state index contributed by atoms with van der Waals surface area (Å²) in [6.45, 7) is 5.70. The highest BCUT2D eigenvalue weighted by atomic mass is 32.2. The van der Waals surface area contributed by atoms with Crippen LogP contribution in [0.5, 0.6) is 11.5 Å². The third kappa shape index (κ3) is 6.39. The number of ether oxygens (including phenoxy) is 2. The molecule has 0 aliphatic rings. The van der Waals surface area contributed by atoms with Gasteiger partial charge >= 0.3 is 0 Å². The van der Waals surface area contributed by atoms with Crippen molar-refractivity contribution in [1.82, 2.24) is 5.32 Å². The van der Waals surface area contributed by atoms with E-state index in [1.54, 1.807) is 31.2 Å². The van der Waals surface area contributed by atoms with Gasteiger partial charge in [-0.2, -0.15) is 0 Å². The predicted molar refractivity (Wildman–Crippen MR) is 114 cm³/mol. The Labute approximate surface area is 172 Å². The summed E-state index contributed by atoms with van der Waals surface area (Å²) < 4.78 is 36.6. The van der Waals surface area contributed by atoms with E-state index in [0.29, 0.717) is 11.4 Å². The largest absolute Gasteiger partial charge is 0.497 e. The van der Waals surface area contributed by atoms with Crippen molar-refractivity contribution >= 4 is 21.6 Å². The molecule has 158 valence electrons. The Balaban J connectivity index is 2.13. The van der Waals surface area contributed by atoms with Crippen LogP contribution in [0.2, 0.25) is 0 Å². The normalized spacial score (nSPS) is 12.3. The average Bonchev–Trinajstić information content (AvgIpc) is 2.65. The quantitative estimate of drug-likeness (QED) is 0.674. The van der Waals surface area contributed by atoms with E-state index in [1.807, 2.05) is 38.1 Å². The summed E-state index contributed by atoms with van der Waals surface area (Å²) in [7, 11) is -2.14. The fourth-order valence-electron chi connectivity index (χ4n) is 2.88. The number of hydrogen-bond acceptors (Lipinski definition) is 5. The molecule has 1 amide bonds. The van der Waals surface area contributed by atoms with Crippen LogP contribution in [0.3, 0.4) is 0 Å². The van der Waals surface area contributed by atoms with Gasteiger partial charge in [-0.05, 0) is 62.7 Å². The molecule has 0 fully saturated rings. The van der Waals surface area contributed by atoms with Crippen molar-refractivity contribution in [3.05, 3.63) is 54.1 Å². The van der Waals surface area contributed by atoms with Crippen LogP contribution < -0.4 is 19.1 Å². The van der Waals surface area contributed by atoms with E-state index in [1.165, 1.54) is 7.11 Å². The standard InChI is InChI=1S/C21H28N2O5S/c1-15(2)28-20-8-6-7-17(13-20)14-22-21(24)16(3)23(29(5,25)26)18-9-11-19(27-4)12-10-18/h6-13,15-16H,14H2,1-5H3,(H,22,24). The van der Waals surface area contributed by atoms with E-state index >= 15 is 0 Å². The van der Waals surface area contributed by atoms with Crippen LogP contribution in [-0.2, 0) is 21.4 Å². The van der Waals surface area contributed by atoms with Crippen LogP contribution in [0.1, 0.15) is 26.3 Å². The molecule has 0 spiro atoms. The molecule has 1 unspecified atom stereocenters. The number of anilines is 1. The predicted octanol–water partition coefficient (Wildman–Crippen LogP) is 2.95. The molecular weight excluding hydrogens is 392 g/mol. The minimum atomic E-state index is -3.67. The number of methoxy groups -OCH3 is 1. The van der Waals surface area contributed by atoms with E-state index < -0.39 is 22.0 Å². The van der Waals surface area contributed by atoms with Gasteiger partial charge in [0.15, 0.2) is 0 Å². The number of carbonyl (C=O) groups excluding carboxylic acids is 1. The van der Waals surface area contributed by atoms with Crippen LogP contribution in [0.25, 0.3) is 0 Å². The number of amides is 1. The molecule has 8 heteroatoms. The Morgan fingerprint density at radius 3 is 2.28 bits per heavy atom. The van der Waals surface area contributed by atoms with E-state index in [9.17, 15) is 13.2 Å². The topological polar surface area (TPSA) is 84.9 Å². The van der Waals surface area contributed by atoms with E-state index in [4.69, 9.17) is 9.47 Å². The Morgan fingerprint density at radius 1 is 1.07 bits per heavy atom. The van der Waals surface area contributed by atoms with E-state index in [-0.39, 0.29) is 12.6 Å². The van der Waals surface area contributed by atoms with Gasteiger partial charge in [-0.15, -0.1) is 0 Å². The number of nitrogens with one attached hydrogen (secondary N) is 1. The Kier molecular flexibility index (Phi) is 7.50. The molecule has 1 atom stereocenters. The molecule has 0 aliphatic carbocycles. The van der Waals surface area contributed by atoms with Crippen LogP contribution in [0, 0.1) is 0 Å². The van der Waals surface area contributed by atoms with Gasteiger partial charge in [-0.3, -0.25) is 9.10 Å². The lowest BCUT2D eigenvalue weighted by Gasteiger charge is -2.28. The second-order valence-corrected chi connectivity index (χ2v) is 8.82. The fourth-order valence-corrected chi connectivity index (χ4v) is 4.05. The van der Waals surface area contributed by atoms with Gasteiger partial charge in [-0.25, -0.2) is 8.42 Å². The lowest BCUT2D eigenvalue weighted by atomic mass is 10.2. The second-order valence-electron chi connectivity index (χ2n) is 6.96. The summed E-state index contributed by atoms with van der Waals surface area (Å²) in [5.74, 6) is 0.917. The molecule has 0 bridgehead atoms. The third-order valence-electron chi connectivity index (χ3n) is 4.15. The first-order valence-corrected chi connectivity index (χ1v) is 11.1. The maximum Gasteiger partial charge on any atom is 0.243 e. The van der Waals surface area contributed by atoms with Crippen LogP contribution in [0.15, 0.2) is 48.5 Å². The zero-order valence-electron chi connectivity index (χ0n) is 17.4. The zero-order valence-corrected chi connectivity index (χ0v) is 18.2. The molecule has 0 saturated heterocycles. The fraction of sp³-hybridized carbons (Fsp3) is 0.381. The Bertz CT molecular complexity index is 926. The summed E-state index contributed by atoms with van der Waals surface area (Å²) >= 11 is 0. The van der Waals surface area contributed by atoms with Gasteiger partial charge in [0.1, 0.15) is 17.5 Å². The summed E-state index contributed by atoms with van der Waals surface area (Å²) in [4.78, 5) is 12.7. The Hall–Kier alpha value is -2.74. The molecule has 0 aliphatic heterocycles. The molecule has 2 aromatic rings. The molecule has 0 radical (unpaired) electrons. The lowest BCUT2D eigenvalue weighted by molar-refractivity contribution is -0.122. The number of hydrogen-bond donors (Lipinski definition) is 1. The van der Waals surface area contributed by atoms with Gasteiger partial charge in [-0.1, -0.05) is 12.1 Å². The molecule has 2 rings (SSSR count). The minimum absolute atomic E-state index is 0.0488. The van der Waals surface area contributed by atoms with E-state index in [2.05, 4.69) is 5.32 Å². The minimum Gasteiger partial charge on any atom is -0.497 e. The average molecular weight is 421 g/mol. The molecule has 0 heterocycles. The number of carbonyl (C=O) groups is 1. The monoisotopic (exact) mass is 420 g/mol. The number of rotatable bonds is 9. The van der Waals surface area contributed by atoms with Gasteiger partial charge in [0, 0.05) is 6.54 Å². The van der Waals surface area contributed by atoms with E-state index in [0.717, 1.165) is 21.9 Å². The van der Waals surface area contributed by atoms with Crippen molar-refractivity contribution in [3.63, 3.8) is 0 Å². The molecule has 2 aromatic carbocycles. The first-order chi connectivity index (χ1) is 13.6. The van der Waals surface area contributed by atoms with Crippen LogP contribution >= 0.6 is 0 Å². The highest BCUT2D eigenvalue weighted by Crippen LogP contribution is 2.24. The van der Waals surface area contributed by atoms with Crippen molar-refractivity contribution in [3.8, 4) is 11.5 Å². The maximum absolute atomic E-state index is 12.7. The lowest BCUT2D eigenvalue weighted by Crippen LogP contribution is -2.47. The van der Waals surface area contributed by atoms with Crippen molar-refractivity contribution in [2.75, 3.05) is 17.7 Å². The molecule has 29 heavy (non-hydrogen) atoms. The molecule has 7 nitrogen and oxygen atoms in total. The highest BCUT2D eigenvalue weighted by molar-refractivity contribution is 7.92. The van der Waals surface area contributed by atoms with Crippen LogP contribution in [-0.4, -0.2) is 39.8 Å². The van der Waals surface area contributed by atoms with Gasteiger partial charge in [0.05, 0.1) is 25.2 Å². The third-order valence-corrected chi connectivity index (χ3v) is 5.39. The second kappa shape index (κ2) is 9.65. The molecule has 1 N–H and O–H groups in total. The van der Waals surface area contributed by atoms with Crippen molar-refractivity contribution in [1.29, 1.82) is 0 Å². The summed E-state index contributed by atoms with van der Waals surface area (Å²) in [6.07, 6.45) is 1.13. The van der Waals surface area contributed by atoms with Crippen LogP contribution in [0.4, 0.5) is 5.69 Å². The number of nitrogens with zero attached hydrogens (tertiary/aromatic N) is 1. The molecule has 0 saturated carbocycles. The smallest absolute Gasteiger partial charge is 0.243 e. The zero-order chi connectivity index (χ0) is 21.6. The van der Waals surface area contributed by atoms with Crippen molar-refractivity contribution in [2.24, 2.45) is 0 Å². The maximum atomic E-state index is 12.7. The SMILES string of the molecule is COc1ccc(N(C(C)C(=O)NCc2cccc(OC(C)C)c2)S(C)(=O)=O)cc1. The number of benzene rings is 2. The summed E-state index contributed by atoms with van der Waals surface area (Å²) in [5, 5.41) is 2.80. The molecule has 0 aromatic heterocycles. The molecular formula is C21H28N2O5S. The van der Waals surface area contributed by atoms with Crippen molar-refractivity contribution in [2.45, 2.75) is 39.5 Å². The van der Waals surface area contributed by atoms with Gasteiger partial charge < -0.3 is 14.8 Å². The number of sulfonamides is 1. The Morgan fingerprint density at radius 2 is 1.72 bits per heavy atom. The summed E-state index contributed by atoms with van der Waals surface area (Å²) in [5.41, 5.74) is 1.25. The summed E-state index contributed by atoms with van der Waals surface area (Å²) in [6, 6.07) is 13.0. The first kappa shape index (κ1) is 22.5. The highest BCUT2D eigenvalue weighted by Gasteiger charge is 2.29.